The van der Waals surface area contributed by atoms with E-state index in [0.29, 0.717) is 0 Å². The van der Waals surface area contributed by atoms with E-state index in [4.69, 9.17) is 7.85 Å². The Kier molecular flexibility index (Phi) is 1.60. The topological polar surface area (TPSA) is 17.8 Å². The molecule has 1 aromatic heterocycles. The minimum Gasteiger partial charge on any atom is -0.283 e. The van der Waals surface area contributed by atoms with Crippen molar-refractivity contribution in [2.75, 3.05) is 0 Å². The summed E-state index contributed by atoms with van der Waals surface area (Å²) in [7, 11) is 7.36. The van der Waals surface area contributed by atoms with E-state index in [9.17, 15) is 0 Å². The lowest BCUT2D eigenvalue weighted by Crippen LogP contribution is -2.13. The maximum atomic E-state index is 5.52. The molecule has 46 valence electrons. The molecule has 1 aromatic rings. The van der Waals surface area contributed by atoms with Gasteiger partial charge in [0.1, 0.15) is 7.85 Å². The molecule has 0 aliphatic rings. The standard InChI is InChI=1S/C6H9BN2/c1-3-5-4-6(7)9(2)8-5/h4H,3H2,1-2H3. The molecule has 9 heavy (non-hydrogen) atoms. The van der Waals surface area contributed by atoms with E-state index in [1.807, 2.05) is 13.1 Å². The third-order valence-electron chi connectivity index (χ3n) is 1.33. The first-order valence-electron chi connectivity index (χ1n) is 3.02. The monoisotopic (exact) mass is 120 g/mol. The molecule has 0 bridgehead atoms. The summed E-state index contributed by atoms with van der Waals surface area (Å²) in [5.74, 6) is 0. The van der Waals surface area contributed by atoms with Crippen molar-refractivity contribution in [1.29, 1.82) is 0 Å². The lowest BCUT2D eigenvalue weighted by atomic mass is 10.0. The molecule has 0 atom stereocenters. The highest BCUT2D eigenvalue weighted by atomic mass is 15.3. The van der Waals surface area contributed by atoms with Crippen LogP contribution in [-0.2, 0) is 13.5 Å². The Morgan fingerprint density at radius 3 is 2.67 bits per heavy atom. The van der Waals surface area contributed by atoms with Gasteiger partial charge in [-0.15, -0.1) is 0 Å². The third kappa shape index (κ3) is 1.15. The molecule has 0 aliphatic heterocycles. The van der Waals surface area contributed by atoms with Gasteiger partial charge in [0.15, 0.2) is 0 Å². The van der Waals surface area contributed by atoms with Gasteiger partial charge in [-0.3, -0.25) is 4.68 Å². The molecule has 1 heterocycles. The SMILES string of the molecule is [B]c1cc(CC)nn1C. The molecule has 0 aromatic carbocycles. The van der Waals surface area contributed by atoms with Crippen LogP contribution < -0.4 is 5.59 Å². The van der Waals surface area contributed by atoms with E-state index >= 15 is 0 Å². The smallest absolute Gasteiger partial charge is 0.141 e. The van der Waals surface area contributed by atoms with E-state index < -0.39 is 0 Å². The van der Waals surface area contributed by atoms with Crippen molar-refractivity contribution in [3.63, 3.8) is 0 Å². The van der Waals surface area contributed by atoms with Crippen LogP contribution in [0.1, 0.15) is 12.6 Å². The lowest BCUT2D eigenvalue weighted by Gasteiger charge is -1.88. The van der Waals surface area contributed by atoms with Crippen LogP contribution in [0.15, 0.2) is 6.07 Å². The summed E-state index contributed by atoms with van der Waals surface area (Å²) in [6.07, 6.45) is 0.949. The first-order chi connectivity index (χ1) is 4.24. The Morgan fingerprint density at radius 2 is 2.44 bits per heavy atom. The molecule has 0 N–H and O–H groups in total. The second kappa shape index (κ2) is 2.25. The molecule has 0 fully saturated rings. The van der Waals surface area contributed by atoms with Crippen molar-refractivity contribution >= 4 is 13.4 Å². The molecule has 2 radical (unpaired) electrons. The molecular weight excluding hydrogens is 111 g/mol. The van der Waals surface area contributed by atoms with Crippen LogP contribution in [0, 0.1) is 0 Å². The molecule has 0 spiro atoms. The summed E-state index contributed by atoms with van der Waals surface area (Å²) in [5, 5.41) is 4.12. The first-order valence-corrected chi connectivity index (χ1v) is 3.02. The molecule has 0 aliphatic carbocycles. The fourth-order valence-electron chi connectivity index (χ4n) is 0.716. The predicted molar refractivity (Wildman–Crippen MR) is 38.0 cm³/mol. The molecule has 0 amide bonds. The Morgan fingerprint density at radius 1 is 1.78 bits per heavy atom. The predicted octanol–water partition coefficient (Wildman–Crippen LogP) is -0.224. The molecule has 0 unspecified atom stereocenters. The van der Waals surface area contributed by atoms with E-state index in [0.717, 1.165) is 17.7 Å². The van der Waals surface area contributed by atoms with Gasteiger partial charge in [-0.05, 0) is 18.1 Å². The first kappa shape index (κ1) is 6.40. The summed E-state index contributed by atoms with van der Waals surface area (Å²) in [5.41, 5.74) is 1.78. The average Bonchev–Trinajstić information content (AvgIpc) is 2.13. The quantitative estimate of drug-likeness (QED) is 0.468. The van der Waals surface area contributed by atoms with Gasteiger partial charge < -0.3 is 0 Å². The molecule has 1 rings (SSSR count). The van der Waals surface area contributed by atoms with Gasteiger partial charge >= 0.3 is 0 Å². The number of rotatable bonds is 1. The van der Waals surface area contributed by atoms with Crippen LogP contribution in [0.3, 0.4) is 0 Å². The summed E-state index contributed by atoms with van der Waals surface area (Å²) < 4.78 is 1.68. The van der Waals surface area contributed by atoms with Crippen molar-refractivity contribution in [2.45, 2.75) is 13.3 Å². The van der Waals surface area contributed by atoms with Crippen molar-refractivity contribution in [3.8, 4) is 0 Å². The summed E-state index contributed by atoms with van der Waals surface area (Å²) >= 11 is 0. The van der Waals surface area contributed by atoms with Crippen molar-refractivity contribution in [1.82, 2.24) is 9.78 Å². The zero-order valence-corrected chi connectivity index (χ0v) is 5.76. The average molecular weight is 120 g/mol. The van der Waals surface area contributed by atoms with Crippen LogP contribution in [0.2, 0.25) is 0 Å². The van der Waals surface area contributed by atoms with Gasteiger partial charge in [-0.2, -0.15) is 5.10 Å². The van der Waals surface area contributed by atoms with E-state index in [-0.39, 0.29) is 0 Å². The molecule has 3 heteroatoms. The highest BCUT2D eigenvalue weighted by molar-refractivity contribution is 6.30. The van der Waals surface area contributed by atoms with Gasteiger partial charge in [0, 0.05) is 7.05 Å². The Hall–Kier alpha value is -0.725. The second-order valence-corrected chi connectivity index (χ2v) is 2.04. The zero-order valence-electron chi connectivity index (χ0n) is 5.76. The van der Waals surface area contributed by atoms with Gasteiger partial charge in [-0.1, -0.05) is 6.92 Å². The second-order valence-electron chi connectivity index (χ2n) is 2.04. The van der Waals surface area contributed by atoms with Crippen LogP contribution in [0.25, 0.3) is 0 Å². The summed E-state index contributed by atoms with van der Waals surface area (Å²) in [6.45, 7) is 2.06. The van der Waals surface area contributed by atoms with Gasteiger partial charge in [0.25, 0.3) is 0 Å². The lowest BCUT2D eigenvalue weighted by molar-refractivity contribution is 0.764. The molecule has 2 nitrogen and oxygen atoms in total. The maximum Gasteiger partial charge on any atom is 0.141 e. The number of aryl methyl sites for hydroxylation is 2. The number of hydrogen-bond donors (Lipinski definition) is 0. The van der Waals surface area contributed by atoms with Crippen LogP contribution in [-0.4, -0.2) is 17.6 Å². The van der Waals surface area contributed by atoms with Crippen molar-refractivity contribution in [2.24, 2.45) is 7.05 Å². The molecule has 0 saturated heterocycles. The van der Waals surface area contributed by atoms with Gasteiger partial charge in [-0.25, -0.2) is 0 Å². The fraction of sp³-hybridized carbons (Fsp3) is 0.500. The Balaban J connectivity index is 2.98. The minimum absolute atomic E-state index is 0.729. The normalized spacial score (nSPS) is 10.0. The maximum absolute atomic E-state index is 5.52. The third-order valence-corrected chi connectivity index (χ3v) is 1.33. The Labute approximate surface area is 56.3 Å². The van der Waals surface area contributed by atoms with Crippen molar-refractivity contribution in [3.05, 3.63) is 11.8 Å². The van der Waals surface area contributed by atoms with E-state index in [2.05, 4.69) is 12.0 Å². The number of aromatic nitrogens is 2. The Bertz CT molecular complexity index is 185. The van der Waals surface area contributed by atoms with Gasteiger partial charge in [0.05, 0.1) is 5.69 Å². The summed E-state index contributed by atoms with van der Waals surface area (Å²) in [6, 6.07) is 1.89. The van der Waals surface area contributed by atoms with Crippen LogP contribution >= 0.6 is 0 Å². The highest BCUT2D eigenvalue weighted by Crippen LogP contribution is 1.89. The van der Waals surface area contributed by atoms with Crippen molar-refractivity contribution < 1.29 is 0 Å². The van der Waals surface area contributed by atoms with E-state index in [1.165, 1.54) is 0 Å². The largest absolute Gasteiger partial charge is 0.283 e. The molecular formula is C6H9BN2. The van der Waals surface area contributed by atoms with E-state index in [1.54, 1.807) is 4.68 Å². The zero-order chi connectivity index (χ0) is 6.85. The minimum atomic E-state index is 0.729. The number of nitrogens with zero attached hydrogens (tertiary/aromatic N) is 2. The fourth-order valence-corrected chi connectivity index (χ4v) is 0.716. The van der Waals surface area contributed by atoms with Gasteiger partial charge in [0.2, 0.25) is 0 Å². The highest BCUT2D eigenvalue weighted by Gasteiger charge is 1.95. The molecule has 0 saturated carbocycles. The van der Waals surface area contributed by atoms with Crippen LogP contribution in [0.5, 0.6) is 0 Å². The summed E-state index contributed by atoms with van der Waals surface area (Å²) in [4.78, 5) is 0. The van der Waals surface area contributed by atoms with Crippen LogP contribution in [0.4, 0.5) is 0 Å². The number of hydrogen-bond acceptors (Lipinski definition) is 1.